The fourth-order valence-electron chi connectivity index (χ4n) is 3.39. The molecule has 1 unspecified atom stereocenters. The number of imide groups is 1. The van der Waals surface area contributed by atoms with E-state index in [1.165, 1.54) is 4.90 Å². The molecule has 1 saturated heterocycles. The summed E-state index contributed by atoms with van der Waals surface area (Å²) in [4.78, 5) is 41.9. The van der Waals surface area contributed by atoms with Gasteiger partial charge in [-0.25, -0.2) is 4.98 Å². The fraction of sp³-hybridized carbons (Fsp3) is 0.211. The SMILES string of the molecule is N#Cc1cccc(-c2ccc3c(c2)CN(C2CCC(=O)NC2=O)C3=O)n1. The normalized spacial score (nSPS) is 19.1. The lowest BCUT2D eigenvalue weighted by Crippen LogP contribution is -2.52. The summed E-state index contributed by atoms with van der Waals surface area (Å²) in [5, 5.41) is 11.3. The van der Waals surface area contributed by atoms with Crippen molar-refractivity contribution in [3.05, 3.63) is 53.2 Å². The van der Waals surface area contributed by atoms with Crippen LogP contribution in [0.25, 0.3) is 11.3 Å². The number of nitrogens with zero attached hydrogens (tertiary/aromatic N) is 3. The smallest absolute Gasteiger partial charge is 0.255 e. The van der Waals surface area contributed by atoms with Gasteiger partial charge in [-0.15, -0.1) is 0 Å². The van der Waals surface area contributed by atoms with Crippen molar-refractivity contribution in [3.8, 4) is 17.3 Å². The molecule has 0 aliphatic carbocycles. The topological polar surface area (TPSA) is 103 Å². The lowest BCUT2D eigenvalue weighted by Gasteiger charge is -2.29. The fourth-order valence-corrected chi connectivity index (χ4v) is 3.39. The second-order valence-electron chi connectivity index (χ2n) is 6.29. The minimum atomic E-state index is -0.629. The Kier molecular flexibility index (Phi) is 3.73. The van der Waals surface area contributed by atoms with Gasteiger partial charge in [0.25, 0.3) is 5.91 Å². The molecule has 0 spiro atoms. The zero-order chi connectivity index (χ0) is 18.3. The molecule has 2 aliphatic heterocycles. The maximum absolute atomic E-state index is 12.7. The number of pyridine rings is 1. The molecule has 4 rings (SSSR count). The first-order chi connectivity index (χ1) is 12.6. The molecule has 0 radical (unpaired) electrons. The van der Waals surface area contributed by atoms with E-state index in [-0.39, 0.29) is 18.2 Å². The third-order valence-electron chi connectivity index (χ3n) is 4.68. The van der Waals surface area contributed by atoms with Crippen LogP contribution in [0.3, 0.4) is 0 Å². The van der Waals surface area contributed by atoms with Gasteiger partial charge in [0.05, 0.1) is 5.69 Å². The van der Waals surface area contributed by atoms with Crippen LogP contribution in [-0.4, -0.2) is 33.6 Å². The van der Waals surface area contributed by atoms with Gasteiger partial charge in [-0.2, -0.15) is 5.26 Å². The molecule has 0 bridgehead atoms. The Hall–Kier alpha value is -3.53. The van der Waals surface area contributed by atoms with Gasteiger partial charge < -0.3 is 4.90 Å². The lowest BCUT2D eigenvalue weighted by atomic mass is 10.0. The number of hydrogen-bond donors (Lipinski definition) is 1. The predicted octanol–water partition coefficient (Wildman–Crippen LogP) is 1.38. The number of piperidine rings is 1. The Bertz CT molecular complexity index is 993. The number of benzene rings is 1. The largest absolute Gasteiger partial charge is 0.322 e. The summed E-state index contributed by atoms with van der Waals surface area (Å²) in [7, 11) is 0. The van der Waals surface area contributed by atoms with E-state index in [2.05, 4.69) is 10.3 Å². The van der Waals surface area contributed by atoms with E-state index in [0.717, 1.165) is 11.1 Å². The first-order valence-electron chi connectivity index (χ1n) is 8.22. The van der Waals surface area contributed by atoms with E-state index < -0.39 is 11.9 Å². The van der Waals surface area contributed by atoms with E-state index in [0.29, 0.717) is 29.9 Å². The molecule has 1 aromatic heterocycles. The van der Waals surface area contributed by atoms with Crippen molar-refractivity contribution >= 4 is 17.7 Å². The van der Waals surface area contributed by atoms with Crippen molar-refractivity contribution < 1.29 is 14.4 Å². The molecule has 7 heteroatoms. The number of amides is 3. The molecule has 2 aliphatic rings. The van der Waals surface area contributed by atoms with E-state index in [1.54, 1.807) is 30.3 Å². The van der Waals surface area contributed by atoms with Gasteiger partial charge in [0.15, 0.2) is 0 Å². The third-order valence-corrected chi connectivity index (χ3v) is 4.68. The van der Waals surface area contributed by atoms with Gasteiger partial charge in [0.2, 0.25) is 11.8 Å². The molecule has 3 amide bonds. The van der Waals surface area contributed by atoms with Crippen LogP contribution in [0, 0.1) is 11.3 Å². The van der Waals surface area contributed by atoms with Crippen LogP contribution in [-0.2, 0) is 16.1 Å². The molecule has 0 saturated carbocycles. The highest BCUT2D eigenvalue weighted by Crippen LogP contribution is 2.30. The van der Waals surface area contributed by atoms with Gasteiger partial charge in [-0.1, -0.05) is 12.1 Å². The third kappa shape index (κ3) is 2.62. The Morgan fingerprint density at radius 2 is 2.04 bits per heavy atom. The van der Waals surface area contributed by atoms with Crippen LogP contribution in [0.15, 0.2) is 36.4 Å². The molecule has 7 nitrogen and oxygen atoms in total. The maximum Gasteiger partial charge on any atom is 0.255 e. The van der Waals surface area contributed by atoms with E-state index in [9.17, 15) is 14.4 Å². The Morgan fingerprint density at radius 1 is 1.19 bits per heavy atom. The van der Waals surface area contributed by atoms with Crippen molar-refractivity contribution in [2.24, 2.45) is 0 Å². The maximum atomic E-state index is 12.7. The molecular weight excluding hydrogens is 332 g/mol. The molecule has 1 fully saturated rings. The van der Waals surface area contributed by atoms with Crippen molar-refractivity contribution in [1.29, 1.82) is 5.26 Å². The number of nitriles is 1. The Labute approximate surface area is 149 Å². The van der Waals surface area contributed by atoms with Crippen molar-refractivity contribution in [2.75, 3.05) is 0 Å². The predicted molar refractivity (Wildman–Crippen MR) is 90.4 cm³/mol. The van der Waals surface area contributed by atoms with Gasteiger partial charge in [-0.05, 0) is 36.2 Å². The van der Waals surface area contributed by atoms with Crippen molar-refractivity contribution in [1.82, 2.24) is 15.2 Å². The standard InChI is InChI=1S/C19H14N4O3/c20-9-13-2-1-3-15(21-13)11-4-5-14-12(8-11)10-23(19(14)26)16-6-7-17(24)22-18(16)25/h1-5,8,16H,6-7,10H2,(H,22,24,25). The molecule has 1 N–H and O–H groups in total. The van der Waals surface area contributed by atoms with Gasteiger partial charge in [-0.3, -0.25) is 19.7 Å². The van der Waals surface area contributed by atoms with Crippen LogP contribution < -0.4 is 5.32 Å². The van der Waals surface area contributed by atoms with Gasteiger partial charge in [0.1, 0.15) is 17.8 Å². The number of aromatic nitrogens is 1. The summed E-state index contributed by atoms with van der Waals surface area (Å²) in [6.07, 6.45) is 0.565. The van der Waals surface area contributed by atoms with Crippen LogP contribution >= 0.6 is 0 Å². The van der Waals surface area contributed by atoms with Crippen molar-refractivity contribution in [2.45, 2.75) is 25.4 Å². The summed E-state index contributed by atoms with van der Waals surface area (Å²) < 4.78 is 0. The molecule has 2 aromatic rings. The molecule has 3 heterocycles. The van der Waals surface area contributed by atoms with Gasteiger partial charge >= 0.3 is 0 Å². The second-order valence-corrected chi connectivity index (χ2v) is 6.29. The molecule has 128 valence electrons. The van der Waals surface area contributed by atoms with Crippen molar-refractivity contribution in [3.63, 3.8) is 0 Å². The average Bonchev–Trinajstić information content (AvgIpc) is 2.98. The highest BCUT2D eigenvalue weighted by Gasteiger charge is 2.39. The van der Waals surface area contributed by atoms with Crippen LogP contribution in [0.4, 0.5) is 0 Å². The first-order valence-corrected chi connectivity index (χ1v) is 8.22. The summed E-state index contributed by atoms with van der Waals surface area (Å²) in [6.45, 7) is 0.312. The zero-order valence-corrected chi connectivity index (χ0v) is 13.7. The summed E-state index contributed by atoms with van der Waals surface area (Å²) in [6, 6.07) is 11.9. The number of hydrogen-bond acceptors (Lipinski definition) is 5. The number of nitrogens with one attached hydrogen (secondary N) is 1. The van der Waals surface area contributed by atoms with E-state index >= 15 is 0 Å². The van der Waals surface area contributed by atoms with E-state index in [1.807, 2.05) is 12.1 Å². The summed E-state index contributed by atoms with van der Waals surface area (Å²) in [5.74, 6) is -0.938. The number of fused-ring (bicyclic) bond motifs is 1. The van der Waals surface area contributed by atoms with E-state index in [4.69, 9.17) is 5.26 Å². The van der Waals surface area contributed by atoms with Crippen LogP contribution in [0.1, 0.15) is 34.5 Å². The Balaban J connectivity index is 1.64. The molecule has 1 atom stereocenters. The zero-order valence-electron chi connectivity index (χ0n) is 13.7. The lowest BCUT2D eigenvalue weighted by molar-refractivity contribution is -0.136. The highest BCUT2D eigenvalue weighted by molar-refractivity contribution is 6.05. The molecule has 1 aromatic carbocycles. The van der Waals surface area contributed by atoms with Crippen LogP contribution in [0.2, 0.25) is 0 Å². The summed E-state index contributed by atoms with van der Waals surface area (Å²) >= 11 is 0. The minimum absolute atomic E-state index is 0.209. The number of rotatable bonds is 2. The van der Waals surface area contributed by atoms with Crippen LogP contribution in [0.5, 0.6) is 0 Å². The first kappa shape index (κ1) is 16.0. The quantitative estimate of drug-likeness (QED) is 0.828. The number of carbonyl (C=O) groups is 3. The minimum Gasteiger partial charge on any atom is -0.322 e. The highest BCUT2D eigenvalue weighted by atomic mass is 16.2. The average molecular weight is 346 g/mol. The monoisotopic (exact) mass is 346 g/mol. The molecule has 26 heavy (non-hydrogen) atoms. The number of carbonyl (C=O) groups excluding carboxylic acids is 3. The van der Waals surface area contributed by atoms with Gasteiger partial charge in [0, 0.05) is 24.1 Å². The summed E-state index contributed by atoms with van der Waals surface area (Å²) in [5.41, 5.74) is 3.14. The molecular formula is C19H14N4O3. The Morgan fingerprint density at radius 3 is 2.81 bits per heavy atom. The second kappa shape index (κ2) is 6.08.